The van der Waals surface area contributed by atoms with Crippen molar-refractivity contribution < 1.29 is 22.3 Å². The van der Waals surface area contributed by atoms with E-state index < -0.39 is 18.4 Å². The van der Waals surface area contributed by atoms with Gasteiger partial charge in [0.05, 0.1) is 6.61 Å². The first-order valence-corrected chi connectivity index (χ1v) is 6.45. The minimum atomic E-state index is -4.17. The van der Waals surface area contributed by atoms with E-state index in [-0.39, 0.29) is 11.3 Å². The molecule has 0 aliphatic carbocycles. The number of alkyl halides is 4. The average molecular weight is 342 g/mol. The highest BCUT2D eigenvalue weighted by Crippen LogP contribution is 2.43. The van der Waals surface area contributed by atoms with Crippen molar-refractivity contribution in [1.82, 2.24) is 5.32 Å². The number of fused-ring (bicyclic) bond motifs is 1. The van der Waals surface area contributed by atoms with Crippen LogP contribution in [0.5, 0.6) is 5.75 Å². The standard InChI is InChI=1S/C12H12BrF4NO/c1-18-10(12(16,17)11(14)15)8-5-7(13)4-6-2-3-19-9(6)8/h4-5,10-11,18H,2-3H2,1H3. The van der Waals surface area contributed by atoms with Gasteiger partial charge < -0.3 is 10.1 Å². The van der Waals surface area contributed by atoms with Crippen LogP contribution in [0.3, 0.4) is 0 Å². The van der Waals surface area contributed by atoms with E-state index >= 15 is 0 Å². The van der Waals surface area contributed by atoms with E-state index in [2.05, 4.69) is 21.2 Å². The topological polar surface area (TPSA) is 21.3 Å². The van der Waals surface area contributed by atoms with E-state index in [1.54, 1.807) is 6.07 Å². The molecule has 0 fully saturated rings. The van der Waals surface area contributed by atoms with E-state index in [0.29, 0.717) is 17.5 Å². The Labute approximate surface area is 116 Å². The Hall–Kier alpha value is -0.820. The molecular weight excluding hydrogens is 330 g/mol. The number of hydrogen-bond donors (Lipinski definition) is 1. The Morgan fingerprint density at radius 3 is 2.63 bits per heavy atom. The van der Waals surface area contributed by atoms with E-state index in [9.17, 15) is 17.6 Å². The number of halogens is 5. The summed E-state index contributed by atoms with van der Waals surface area (Å²) in [6, 6.07) is 1.34. The molecule has 1 aliphatic heterocycles. The fraction of sp³-hybridized carbons (Fsp3) is 0.500. The smallest absolute Gasteiger partial charge is 0.326 e. The van der Waals surface area contributed by atoms with E-state index in [4.69, 9.17) is 4.74 Å². The monoisotopic (exact) mass is 341 g/mol. The summed E-state index contributed by atoms with van der Waals surface area (Å²) in [5.74, 6) is -3.89. The normalized spacial score (nSPS) is 16.4. The van der Waals surface area contributed by atoms with Gasteiger partial charge in [-0.25, -0.2) is 8.78 Å². The lowest BCUT2D eigenvalue weighted by atomic mass is 9.97. The molecule has 2 rings (SSSR count). The van der Waals surface area contributed by atoms with Gasteiger partial charge in [0.2, 0.25) is 0 Å². The van der Waals surface area contributed by atoms with Crippen molar-refractivity contribution in [3.63, 3.8) is 0 Å². The van der Waals surface area contributed by atoms with Gasteiger partial charge in [0.1, 0.15) is 11.8 Å². The first-order chi connectivity index (χ1) is 8.87. The predicted molar refractivity (Wildman–Crippen MR) is 66.1 cm³/mol. The second-order valence-corrected chi connectivity index (χ2v) is 5.19. The molecule has 19 heavy (non-hydrogen) atoms. The number of benzene rings is 1. The Balaban J connectivity index is 2.50. The molecule has 0 saturated heterocycles. The maximum Gasteiger partial charge on any atom is 0.326 e. The van der Waals surface area contributed by atoms with Gasteiger partial charge in [-0.3, -0.25) is 0 Å². The summed E-state index contributed by atoms with van der Waals surface area (Å²) in [5.41, 5.74) is 0.796. The quantitative estimate of drug-likeness (QED) is 0.845. The minimum absolute atomic E-state index is 0.0506. The van der Waals surface area contributed by atoms with Gasteiger partial charge in [-0.05, 0) is 24.7 Å². The Morgan fingerprint density at radius 2 is 2.05 bits per heavy atom. The summed E-state index contributed by atoms with van der Waals surface area (Å²) in [5, 5.41) is 2.27. The lowest BCUT2D eigenvalue weighted by Crippen LogP contribution is -2.41. The van der Waals surface area contributed by atoms with Gasteiger partial charge in [0.25, 0.3) is 0 Å². The molecule has 1 aliphatic rings. The third-order valence-electron chi connectivity index (χ3n) is 3.05. The zero-order valence-electron chi connectivity index (χ0n) is 10.0. The fourth-order valence-corrected chi connectivity index (χ4v) is 2.72. The maximum atomic E-state index is 13.6. The van der Waals surface area contributed by atoms with Crippen molar-refractivity contribution in [1.29, 1.82) is 0 Å². The van der Waals surface area contributed by atoms with Crippen LogP contribution in [0, 0.1) is 0 Å². The molecule has 0 saturated carbocycles. The lowest BCUT2D eigenvalue weighted by Gasteiger charge is -2.27. The van der Waals surface area contributed by atoms with Crippen LogP contribution < -0.4 is 10.1 Å². The van der Waals surface area contributed by atoms with Crippen molar-refractivity contribution in [2.24, 2.45) is 0 Å². The summed E-state index contributed by atoms with van der Waals surface area (Å²) in [7, 11) is 1.23. The zero-order chi connectivity index (χ0) is 14.2. The van der Waals surface area contributed by atoms with Crippen molar-refractivity contribution in [3.8, 4) is 5.75 Å². The van der Waals surface area contributed by atoms with E-state index in [0.717, 1.165) is 5.56 Å². The minimum Gasteiger partial charge on any atom is -0.493 e. The van der Waals surface area contributed by atoms with Crippen molar-refractivity contribution in [2.45, 2.75) is 24.8 Å². The Bertz CT molecular complexity index is 481. The third-order valence-corrected chi connectivity index (χ3v) is 3.51. The first kappa shape index (κ1) is 14.6. The molecular formula is C12H12BrF4NO. The molecule has 0 aromatic heterocycles. The number of ether oxygens (including phenoxy) is 1. The Morgan fingerprint density at radius 1 is 1.37 bits per heavy atom. The van der Waals surface area contributed by atoms with Crippen LogP contribution in [0.15, 0.2) is 16.6 Å². The third kappa shape index (κ3) is 2.58. The van der Waals surface area contributed by atoms with Crippen LogP contribution in [0.2, 0.25) is 0 Å². The fourth-order valence-electron chi connectivity index (χ4n) is 2.19. The number of rotatable bonds is 4. The van der Waals surface area contributed by atoms with Gasteiger partial charge in [0.15, 0.2) is 0 Å². The summed E-state index contributed by atoms with van der Waals surface area (Å²) in [6.45, 7) is 0.371. The zero-order valence-corrected chi connectivity index (χ0v) is 11.6. The molecule has 0 amide bonds. The van der Waals surface area contributed by atoms with Crippen molar-refractivity contribution in [2.75, 3.05) is 13.7 Å². The number of hydrogen-bond acceptors (Lipinski definition) is 2. The van der Waals surface area contributed by atoms with Crippen LogP contribution >= 0.6 is 15.9 Å². The SMILES string of the molecule is CNC(c1cc(Br)cc2c1OCC2)C(F)(F)C(F)F. The lowest BCUT2D eigenvalue weighted by molar-refractivity contribution is -0.150. The van der Waals surface area contributed by atoms with Gasteiger partial charge in [-0.15, -0.1) is 0 Å². The molecule has 0 bridgehead atoms. The molecule has 1 atom stereocenters. The highest BCUT2D eigenvalue weighted by atomic mass is 79.9. The molecule has 1 heterocycles. The molecule has 1 N–H and O–H groups in total. The molecule has 1 unspecified atom stereocenters. The first-order valence-electron chi connectivity index (χ1n) is 5.66. The van der Waals surface area contributed by atoms with Gasteiger partial charge >= 0.3 is 12.3 Å². The average Bonchev–Trinajstić information content (AvgIpc) is 2.77. The van der Waals surface area contributed by atoms with E-state index in [1.807, 2.05) is 0 Å². The predicted octanol–water partition coefficient (Wildman–Crippen LogP) is 3.54. The maximum absolute atomic E-state index is 13.6. The molecule has 2 nitrogen and oxygen atoms in total. The van der Waals surface area contributed by atoms with Crippen LogP contribution in [0.4, 0.5) is 17.6 Å². The summed E-state index contributed by atoms with van der Waals surface area (Å²) in [4.78, 5) is 0. The van der Waals surface area contributed by atoms with Gasteiger partial charge in [-0.2, -0.15) is 8.78 Å². The summed E-state index contributed by atoms with van der Waals surface area (Å²) in [6.07, 6.45) is -3.17. The highest BCUT2D eigenvalue weighted by Gasteiger charge is 2.50. The van der Waals surface area contributed by atoms with Crippen molar-refractivity contribution >= 4 is 15.9 Å². The highest BCUT2D eigenvalue weighted by molar-refractivity contribution is 9.10. The largest absolute Gasteiger partial charge is 0.493 e. The second-order valence-electron chi connectivity index (χ2n) is 4.28. The van der Waals surface area contributed by atoms with Crippen LogP contribution in [0.25, 0.3) is 0 Å². The second kappa shape index (κ2) is 5.28. The molecule has 0 spiro atoms. The number of nitrogens with one attached hydrogen (secondary N) is 1. The van der Waals surface area contributed by atoms with Crippen LogP contribution in [-0.2, 0) is 6.42 Å². The molecule has 106 valence electrons. The van der Waals surface area contributed by atoms with Crippen LogP contribution in [0.1, 0.15) is 17.2 Å². The van der Waals surface area contributed by atoms with Gasteiger partial charge in [0, 0.05) is 16.5 Å². The molecule has 7 heteroatoms. The molecule has 0 radical (unpaired) electrons. The molecule has 1 aromatic rings. The van der Waals surface area contributed by atoms with Crippen molar-refractivity contribution in [3.05, 3.63) is 27.7 Å². The molecule has 1 aromatic carbocycles. The van der Waals surface area contributed by atoms with Gasteiger partial charge in [-0.1, -0.05) is 15.9 Å². The van der Waals surface area contributed by atoms with Crippen LogP contribution in [-0.4, -0.2) is 26.0 Å². The summed E-state index contributed by atoms with van der Waals surface area (Å²) < 4.78 is 58.2. The summed E-state index contributed by atoms with van der Waals surface area (Å²) >= 11 is 3.20. The Kier molecular flexibility index (Phi) is 4.06. The van der Waals surface area contributed by atoms with E-state index in [1.165, 1.54) is 13.1 Å².